The Morgan fingerprint density at radius 3 is 1.86 bits per heavy atom. The van der Waals surface area contributed by atoms with E-state index >= 15 is 0 Å². The lowest BCUT2D eigenvalue weighted by atomic mass is 9.73. The molecule has 1 atom stereocenters. The Balaban J connectivity index is 6.47. The Bertz CT molecular complexity index is 647. The van der Waals surface area contributed by atoms with Gasteiger partial charge < -0.3 is 20.2 Å². The van der Waals surface area contributed by atoms with E-state index in [0.717, 1.165) is 6.42 Å². The highest BCUT2D eigenvalue weighted by molar-refractivity contribution is 5.92. The highest BCUT2D eigenvalue weighted by atomic mass is 16.4. The minimum Gasteiger partial charge on any atom is -0.478 e. The number of unbranched alkanes of at least 4 members (excludes halogenated alkanes) is 1. The van der Waals surface area contributed by atoms with E-state index in [2.05, 4.69) is 6.58 Å². The van der Waals surface area contributed by atoms with Crippen molar-refractivity contribution in [1.29, 1.82) is 0 Å². The second-order valence-electron chi connectivity index (χ2n) is 7.14. The number of nitrogens with zero attached hydrogens (tertiary/aromatic N) is 1. The van der Waals surface area contributed by atoms with Crippen LogP contribution in [0, 0.1) is 5.41 Å². The van der Waals surface area contributed by atoms with E-state index in [4.69, 9.17) is 0 Å². The fourth-order valence-electron chi connectivity index (χ4n) is 2.94. The van der Waals surface area contributed by atoms with Gasteiger partial charge >= 0.3 is 17.9 Å². The molecule has 0 saturated heterocycles. The average molecular weight is 395 g/mol. The first-order valence-corrected chi connectivity index (χ1v) is 9.48. The van der Waals surface area contributed by atoms with Crippen molar-refractivity contribution in [1.82, 2.24) is 4.90 Å². The number of hydrogen-bond acceptors (Lipinski definition) is 4. The van der Waals surface area contributed by atoms with E-state index in [1.165, 1.54) is 12.2 Å². The minimum absolute atomic E-state index is 0.0350. The topological polar surface area (TPSA) is 115 Å². The molecule has 0 aliphatic rings. The van der Waals surface area contributed by atoms with Crippen molar-refractivity contribution in [3.05, 3.63) is 35.5 Å². The number of carbonyl (C=O) groups is 3. The van der Waals surface area contributed by atoms with Crippen molar-refractivity contribution >= 4 is 17.9 Å². The molecular formula is C21H33NO6. The number of allylic oxidation sites excluding steroid dienone is 2. The maximum Gasteiger partial charge on any atom is 0.332 e. The second kappa shape index (κ2) is 12.1. The molecule has 0 amide bonds. The standard InChI is InChI=1S/C21H33NO6/c1-6-8-11-21(15(3)18(23)24,13-16(7-2)19(25)26)14-17(20(27)28)10-9-12-22(4)5/h13-14H,3,6-12H2,1-2,4-5H3,(H,23,24)(H,25,26)(H,27,28). The van der Waals surface area contributed by atoms with Crippen LogP contribution in [-0.4, -0.2) is 58.8 Å². The van der Waals surface area contributed by atoms with Crippen molar-refractivity contribution in [2.24, 2.45) is 5.41 Å². The molecule has 0 aliphatic heterocycles. The molecule has 1 unspecified atom stereocenters. The van der Waals surface area contributed by atoms with Gasteiger partial charge in [0.05, 0.1) is 0 Å². The molecule has 158 valence electrons. The first kappa shape index (κ1) is 25.6. The van der Waals surface area contributed by atoms with E-state index in [1.807, 2.05) is 25.9 Å². The van der Waals surface area contributed by atoms with E-state index in [9.17, 15) is 29.7 Å². The van der Waals surface area contributed by atoms with Crippen LogP contribution in [0.5, 0.6) is 0 Å². The van der Waals surface area contributed by atoms with Gasteiger partial charge in [-0.3, -0.25) is 0 Å². The Hall–Kier alpha value is -2.41. The molecule has 0 radical (unpaired) electrons. The van der Waals surface area contributed by atoms with Crippen LogP contribution in [0.2, 0.25) is 0 Å². The van der Waals surface area contributed by atoms with Gasteiger partial charge in [-0.2, -0.15) is 0 Å². The van der Waals surface area contributed by atoms with Crippen LogP contribution in [-0.2, 0) is 14.4 Å². The van der Waals surface area contributed by atoms with Crippen molar-refractivity contribution in [2.75, 3.05) is 20.6 Å². The van der Waals surface area contributed by atoms with Crippen molar-refractivity contribution in [3.8, 4) is 0 Å². The quantitative estimate of drug-likeness (QED) is 0.385. The zero-order valence-electron chi connectivity index (χ0n) is 17.3. The lowest BCUT2D eigenvalue weighted by molar-refractivity contribution is -0.134. The average Bonchev–Trinajstić information content (AvgIpc) is 2.61. The maximum absolute atomic E-state index is 11.8. The molecule has 0 saturated carbocycles. The Morgan fingerprint density at radius 2 is 1.46 bits per heavy atom. The number of carboxylic acids is 3. The molecule has 28 heavy (non-hydrogen) atoms. The molecule has 0 bridgehead atoms. The van der Waals surface area contributed by atoms with Crippen LogP contribution < -0.4 is 0 Å². The van der Waals surface area contributed by atoms with Gasteiger partial charge in [0.15, 0.2) is 0 Å². The highest BCUT2D eigenvalue weighted by Crippen LogP contribution is 2.39. The SMILES string of the molecule is C=C(C(=O)O)C(C=C(CC)C(=O)O)(C=C(CCCN(C)C)C(=O)O)CCCC. The molecule has 0 rings (SSSR count). The molecule has 7 heteroatoms. The van der Waals surface area contributed by atoms with Crippen LogP contribution in [0.25, 0.3) is 0 Å². The fourth-order valence-corrected chi connectivity index (χ4v) is 2.94. The molecule has 7 nitrogen and oxygen atoms in total. The van der Waals surface area contributed by atoms with Gasteiger partial charge in [-0.1, -0.05) is 45.4 Å². The number of hydrogen-bond donors (Lipinski definition) is 3. The predicted molar refractivity (Wildman–Crippen MR) is 108 cm³/mol. The molecule has 0 fully saturated rings. The summed E-state index contributed by atoms with van der Waals surface area (Å²) in [5.41, 5.74) is -1.48. The van der Waals surface area contributed by atoms with Crippen LogP contribution in [0.15, 0.2) is 35.5 Å². The fraction of sp³-hybridized carbons (Fsp3) is 0.571. The van der Waals surface area contributed by atoms with Gasteiger partial charge in [0, 0.05) is 22.1 Å². The largest absolute Gasteiger partial charge is 0.478 e. The Kier molecular flexibility index (Phi) is 11.1. The summed E-state index contributed by atoms with van der Waals surface area (Å²) in [5, 5.41) is 28.7. The molecular weight excluding hydrogens is 362 g/mol. The smallest absolute Gasteiger partial charge is 0.332 e. The lowest BCUT2D eigenvalue weighted by Gasteiger charge is -2.29. The van der Waals surface area contributed by atoms with Gasteiger partial charge in [0.1, 0.15) is 0 Å². The van der Waals surface area contributed by atoms with Crippen molar-refractivity contribution in [2.45, 2.75) is 52.4 Å². The molecule has 0 aliphatic carbocycles. The summed E-state index contributed by atoms with van der Waals surface area (Å²) >= 11 is 0. The molecule has 0 aromatic rings. The molecule has 0 aromatic carbocycles. The first-order valence-electron chi connectivity index (χ1n) is 9.48. The summed E-state index contributed by atoms with van der Waals surface area (Å²) in [7, 11) is 3.76. The number of aliphatic carboxylic acids is 3. The summed E-state index contributed by atoms with van der Waals surface area (Å²) in [6.07, 6.45) is 5.40. The highest BCUT2D eigenvalue weighted by Gasteiger charge is 2.35. The van der Waals surface area contributed by atoms with Gasteiger partial charge in [0.2, 0.25) is 0 Å². The van der Waals surface area contributed by atoms with Crippen LogP contribution >= 0.6 is 0 Å². The third kappa shape index (κ3) is 8.08. The third-order valence-corrected chi connectivity index (χ3v) is 4.61. The summed E-state index contributed by atoms with van der Waals surface area (Å²) in [6, 6.07) is 0. The summed E-state index contributed by atoms with van der Waals surface area (Å²) in [5.74, 6) is -3.57. The zero-order valence-corrected chi connectivity index (χ0v) is 17.3. The van der Waals surface area contributed by atoms with Gasteiger partial charge in [-0.05, 0) is 46.3 Å². The van der Waals surface area contributed by atoms with E-state index in [0.29, 0.717) is 19.4 Å². The molecule has 0 spiro atoms. The van der Waals surface area contributed by atoms with E-state index < -0.39 is 23.3 Å². The van der Waals surface area contributed by atoms with Gasteiger partial charge in [-0.25, -0.2) is 14.4 Å². The van der Waals surface area contributed by atoms with Crippen LogP contribution in [0.1, 0.15) is 52.4 Å². The zero-order chi connectivity index (χ0) is 21.9. The summed E-state index contributed by atoms with van der Waals surface area (Å²) < 4.78 is 0. The summed E-state index contributed by atoms with van der Waals surface area (Å²) in [6.45, 7) is 7.93. The number of rotatable bonds is 14. The van der Waals surface area contributed by atoms with Crippen molar-refractivity contribution in [3.63, 3.8) is 0 Å². The van der Waals surface area contributed by atoms with Gasteiger partial charge in [0.25, 0.3) is 0 Å². The van der Waals surface area contributed by atoms with Crippen LogP contribution in [0.3, 0.4) is 0 Å². The minimum atomic E-state index is -1.36. The lowest BCUT2D eigenvalue weighted by Crippen LogP contribution is -2.26. The normalized spacial score (nSPS) is 14.6. The Labute approximate surface area is 167 Å². The molecule has 3 N–H and O–H groups in total. The third-order valence-electron chi connectivity index (χ3n) is 4.61. The molecule has 0 heterocycles. The second-order valence-corrected chi connectivity index (χ2v) is 7.14. The van der Waals surface area contributed by atoms with E-state index in [1.54, 1.807) is 6.92 Å². The van der Waals surface area contributed by atoms with Gasteiger partial charge in [-0.15, -0.1) is 0 Å². The summed E-state index contributed by atoms with van der Waals surface area (Å²) in [4.78, 5) is 37.0. The molecule has 0 aromatic heterocycles. The predicted octanol–water partition coefficient (Wildman–Crippen LogP) is 3.58. The van der Waals surface area contributed by atoms with Crippen LogP contribution in [0.4, 0.5) is 0 Å². The Morgan fingerprint density at radius 1 is 0.929 bits per heavy atom. The monoisotopic (exact) mass is 395 g/mol. The first-order chi connectivity index (χ1) is 13.0. The van der Waals surface area contributed by atoms with E-state index in [-0.39, 0.29) is 36.0 Å². The van der Waals surface area contributed by atoms with Crippen molar-refractivity contribution < 1.29 is 29.7 Å². The number of carboxylic acid groups (broad SMARTS) is 3. The maximum atomic E-state index is 11.8.